The minimum atomic E-state index is -0.426. The Labute approximate surface area is 312 Å². The van der Waals surface area contributed by atoms with Gasteiger partial charge in [-0.3, -0.25) is 9.59 Å². The molecular weight excluding hydrogens is 640 g/mol. The molecule has 0 amide bonds. The maximum absolute atomic E-state index is 13.0. The van der Waals surface area contributed by atoms with Gasteiger partial charge in [-0.2, -0.15) is 0 Å². The van der Waals surface area contributed by atoms with Crippen molar-refractivity contribution in [3.63, 3.8) is 0 Å². The Kier molecular flexibility index (Phi) is 21.5. The first-order chi connectivity index (χ1) is 25.1. The fourth-order valence-corrected chi connectivity index (χ4v) is 8.41. The molecule has 3 aliphatic heterocycles. The molecule has 4 aliphatic rings. The summed E-state index contributed by atoms with van der Waals surface area (Å²) in [5.74, 6) is -1.32. The summed E-state index contributed by atoms with van der Waals surface area (Å²) in [5, 5.41) is 0. The zero-order chi connectivity index (χ0) is 35.9. The summed E-state index contributed by atoms with van der Waals surface area (Å²) in [6.07, 6.45) is 38.8. The largest absolute Gasteiger partial charge is 0.465 e. The molecule has 0 bridgehead atoms. The van der Waals surface area contributed by atoms with Gasteiger partial charge in [0.15, 0.2) is 0 Å². The van der Waals surface area contributed by atoms with Crippen molar-refractivity contribution >= 4 is 11.9 Å². The lowest BCUT2D eigenvalue weighted by Crippen LogP contribution is -2.37. The minimum absolute atomic E-state index is 0.113. The van der Waals surface area contributed by atoms with Crippen LogP contribution in [0, 0.1) is 11.8 Å². The van der Waals surface area contributed by atoms with Gasteiger partial charge in [-0.15, -0.1) is 0 Å². The standard InChI is InChI=1S/C44H78O7/c1-3-5-27-37-39(49-37)29-23-19-15-11-7-9-13-17-21-25-31-47-43(45)35-33-41-42(51-41)34-36(35)44(46)48-32-26-22-18-14-10-8-12-16-20-24-30-40-38(50-40)28-6-4-2/h35-42H,3-34H2,1-2H3. The zero-order valence-corrected chi connectivity index (χ0v) is 33.1. The van der Waals surface area contributed by atoms with Crippen LogP contribution in [0.5, 0.6) is 0 Å². The van der Waals surface area contributed by atoms with Gasteiger partial charge in [0, 0.05) is 0 Å². The number of rotatable bonds is 34. The zero-order valence-electron chi connectivity index (χ0n) is 33.1. The van der Waals surface area contributed by atoms with Crippen LogP contribution < -0.4 is 0 Å². The summed E-state index contributed by atoms with van der Waals surface area (Å²) in [4.78, 5) is 26.0. The van der Waals surface area contributed by atoms with Crippen LogP contribution >= 0.6 is 0 Å². The van der Waals surface area contributed by atoms with Gasteiger partial charge >= 0.3 is 11.9 Å². The summed E-state index contributed by atoms with van der Waals surface area (Å²) in [6.45, 7) is 5.40. The predicted molar refractivity (Wildman–Crippen MR) is 205 cm³/mol. The fraction of sp³-hybridized carbons (Fsp3) is 0.955. The highest BCUT2D eigenvalue weighted by atomic mass is 16.6. The third-order valence-electron chi connectivity index (χ3n) is 12.1. The van der Waals surface area contributed by atoms with Crippen molar-refractivity contribution in [2.24, 2.45) is 11.8 Å². The molecular formula is C44H78O7. The molecule has 1 saturated carbocycles. The Morgan fingerprint density at radius 3 is 1.04 bits per heavy atom. The highest BCUT2D eigenvalue weighted by Crippen LogP contribution is 2.44. The van der Waals surface area contributed by atoms with E-state index in [0.717, 1.165) is 25.7 Å². The molecule has 296 valence electrons. The molecule has 8 unspecified atom stereocenters. The molecule has 8 atom stereocenters. The van der Waals surface area contributed by atoms with Gasteiger partial charge in [0.05, 0.1) is 61.7 Å². The van der Waals surface area contributed by atoms with E-state index in [9.17, 15) is 9.59 Å². The molecule has 0 radical (unpaired) electrons. The lowest BCUT2D eigenvalue weighted by Gasteiger charge is -2.26. The first-order valence-electron chi connectivity index (χ1n) is 22.4. The number of carbonyl (C=O) groups excluding carboxylic acids is 2. The topological polar surface area (TPSA) is 90.2 Å². The summed E-state index contributed by atoms with van der Waals surface area (Å²) in [5.41, 5.74) is 0. The molecule has 1 aliphatic carbocycles. The predicted octanol–water partition coefficient (Wildman–Crippen LogP) is 11.4. The van der Waals surface area contributed by atoms with Gasteiger partial charge in [-0.05, 0) is 51.4 Å². The monoisotopic (exact) mass is 719 g/mol. The van der Waals surface area contributed by atoms with Crippen LogP contribution in [0.4, 0.5) is 0 Å². The molecule has 0 spiro atoms. The Balaban J connectivity index is 0.901. The molecule has 3 saturated heterocycles. The second-order valence-electron chi connectivity index (χ2n) is 16.6. The van der Waals surface area contributed by atoms with Gasteiger partial charge in [-0.1, -0.05) is 155 Å². The highest BCUT2D eigenvalue weighted by molar-refractivity contribution is 5.82. The second-order valence-corrected chi connectivity index (χ2v) is 16.6. The van der Waals surface area contributed by atoms with E-state index < -0.39 is 11.8 Å². The van der Waals surface area contributed by atoms with E-state index in [0.29, 0.717) is 50.5 Å². The molecule has 0 aromatic rings. The van der Waals surface area contributed by atoms with Crippen LogP contribution in [-0.4, -0.2) is 61.8 Å². The quantitative estimate of drug-likeness (QED) is 0.0371. The molecule has 4 fully saturated rings. The average Bonchev–Trinajstić information content (AvgIpc) is 4.06. The maximum atomic E-state index is 13.0. The van der Waals surface area contributed by atoms with E-state index in [1.54, 1.807) is 0 Å². The van der Waals surface area contributed by atoms with Crippen molar-refractivity contribution in [2.45, 2.75) is 243 Å². The van der Waals surface area contributed by atoms with Crippen LogP contribution in [0.1, 0.15) is 206 Å². The van der Waals surface area contributed by atoms with E-state index in [-0.39, 0.29) is 24.1 Å². The average molecular weight is 719 g/mol. The van der Waals surface area contributed by atoms with E-state index in [1.165, 1.54) is 154 Å². The van der Waals surface area contributed by atoms with Crippen molar-refractivity contribution in [3.05, 3.63) is 0 Å². The second kappa shape index (κ2) is 25.8. The lowest BCUT2D eigenvalue weighted by atomic mass is 9.79. The van der Waals surface area contributed by atoms with E-state index >= 15 is 0 Å². The third-order valence-corrected chi connectivity index (χ3v) is 12.1. The Hall–Kier alpha value is -1.18. The van der Waals surface area contributed by atoms with Crippen molar-refractivity contribution in [1.29, 1.82) is 0 Å². The minimum Gasteiger partial charge on any atom is -0.465 e. The van der Waals surface area contributed by atoms with Crippen LogP contribution in [-0.2, 0) is 33.3 Å². The smallest absolute Gasteiger partial charge is 0.309 e. The Morgan fingerprint density at radius 2 is 0.706 bits per heavy atom. The van der Waals surface area contributed by atoms with Crippen LogP contribution in [0.15, 0.2) is 0 Å². The molecule has 3 heterocycles. The molecule has 7 heteroatoms. The first-order valence-corrected chi connectivity index (χ1v) is 22.4. The van der Waals surface area contributed by atoms with Gasteiger partial charge in [0.1, 0.15) is 0 Å². The van der Waals surface area contributed by atoms with E-state index in [2.05, 4.69) is 13.8 Å². The van der Waals surface area contributed by atoms with Crippen LogP contribution in [0.2, 0.25) is 0 Å². The van der Waals surface area contributed by atoms with Crippen LogP contribution in [0.3, 0.4) is 0 Å². The number of fused-ring (bicyclic) bond motifs is 1. The Bertz CT molecular complexity index is 853. The summed E-state index contributed by atoms with van der Waals surface area (Å²) in [7, 11) is 0. The molecule has 51 heavy (non-hydrogen) atoms. The van der Waals surface area contributed by atoms with Crippen molar-refractivity contribution < 1.29 is 33.3 Å². The number of hydrogen-bond donors (Lipinski definition) is 0. The maximum Gasteiger partial charge on any atom is 0.309 e. The SMILES string of the molecule is CCCCC1OC1CCCCCCCCCCCCOC(=O)C1CC2OC2CC1C(=O)OCCCCCCCCCCCCC1OC1CCCC. The molecule has 7 nitrogen and oxygen atoms in total. The van der Waals surface area contributed by atoms with Gasteiger partial charge < -0.3 is 23.7 Å². The highest BCUT2D eigenvalue weighted by Gasteiger charge is 2.53. The van der Waals surface area contributed by atoms with E-state index in [4.69, 9.17) is 23.7 Å². The molecule has 0 N–H and O–H groups in total. The molecule has 4 rings (SSSR count). The van der Waals surface area contributed by atoms with Crippen LogP contribution in [0.25, 0.3) is 0 Å². The van der Waals surface area contributed by atoms with Gasteiger partial charge in [0.25, 0.3) is 0 Å². The molecule has 0 aromatic carbocycles. The number of carbonyl (C=O) groups is 2. The molecule has 0 aromatic heterocycles. The number of hydrogen-bond acceptors (Lipinski definition) is 7. The number of esters is 2. The summed E-state index contributed by atoms with van der Waals surface area (Å²) >= 11 is 0. The number of epoxide rings is 3. The summed E-state index contributed by atoms with van der Waals surface area (Å²) < 4.78 is 28.6. The first kappa shape index (κ1) is 42.6. The Morgan fingerprint density at radius 1 is 0.412 bits per heavy atom. The fourth-order valence-electron chi connectivity index (χ4n) is 8.41. The lowest BCUT2D eigenvalue weighted by molar-refractivity contribution is -0.162. The van der Waals surface area contributed by atoms with Gasteiger partial charge in [0.2, 0.25) is 0 Å². The van der Waals surface area contributed by atoms with Crippen molar-refractivity contribution in [3.8, 4) is 0 Å². The number of unbranched alkanes of at least 4 members (excludes halogenated alkanes) is 20. The summed E-state index contributed by atoms with van der Waals surface area (Å²) in [6, 6.07) is 0. The van der Waals surface area contributed by atoms with Crippen molar-refractivity contribution in [2.75, 3.05) is 13.2 Å². The van der Waals surface area contributed by atoms with E-state index in [1.807, 2.05) is 0 Å². The normalized spacial score (nSPS) is 27.6. The third kappa shape index (κ3) is 18.1. The van der Waals surface area contributed by atoms with Crippen molar-refractivity contribution in [1.82, 2.24) is 0 Å². The van der Waals surface area contributed by atoms with Gasteiger partial charge in [-0.25, -0.2) is 0 Å². The number of ether oxygens (including phenoxy) is 5.